The van der Waals surface area contributed by atoms with E-state index in [9.17, 15) is 4.79 Å². The van der Waals surface area contributed by atoms with E-state index in [0.29, 0.717) is 23.5 Å². The molecule has 1 aromatic rings. The number of nitrogens with zero attached hydrogens (tertiary/aromatic N) is 1. The molecule has 0 aliphatic heterocycles. The van der Waals surface area contributed by atoms with Gasteiger partial charge in [0.2, 0.25) is 5.91 Å². The van der Waals surface area contributed by atoms with E-state index in [-0.39, 0.29) is 5.91 Å². The number of carbonyl (C=O) groups excluding carboxylic acids is 1. The van der Waals surface area contributed by atoms with E-state index in [4.69, 9.17) is 5.73 Å². The molecule has 0 saturated heterocycles. The summed E-state index contributed by atoms with van der Waals surface area (Å²) in [4.78, 5) is 16.0. The monoisotopic (exact) mass is 267 g/mol. The molecule has 1 saturated carbocycles. The molecule has 5 heteroatoms. The first-order valence-electron chi connectivity index (χ1n) is 6.54. The maximum absolute atomic E-state index is 11.9. The standard InChI is InChI=1S/C13H21N3OS/c1-8-3-4-11(9(2)5-8)16-12(17)6-10-7-18-13(14)15-10/h7-9,11H,3-6H2,1-2H3,(H2,14,15)(H,16,17). The number of carbonyl (C=O) groups is 1. The lowest BCUT2D eigenvalue weighted by atomic mass is 9.80. The molecule has 3 unspecified atom stereocenters. The Bertz CT molecular complexity index is 418. The Morgan fingerprint density at radius 2 is 2.33 bits per heavy atom. The van der Waals surface area contributed by atoms with Crippen LogP contribution in [-0.2, 0) is 11.2 Å². The molecular formula is C13H21N3OS. The van der Waals surface area contributed by atoms with Gasteiger partial charge in [-0.25, -0.2) is 4.98 Å². The molecule has 1 aromatic heterocycles. The number of aromatic nitrogens is 1. The molecule has 3 N–H and O–H groups in total. The van der Waals surface area contributed by atoms with Crippen LogP contribution in [0.5, 0.6) is 0 Å². The van der Waals surface area contributed by atoms with Gasteiger partial charge in [0, 0.05) is 11.4 Å². The first-order valence-corrected chi connectivity index (χ1v) is 7.41. The number of nitrogens with one attached hydrogen (secondary N) is 1. The Hall–Kier alpha value is -1.10. The Balaban J connectivity index is 1.84. The van der Waals surface area contributed by atoms with Gasteiger partial charge in [0.25, 0.3) is 0 Å². The van der Waals surface area contributed by atoms with Crippen LogP contribution in [0.1, 0.15) is 38.8 Å². The molecule has 3 atom stereocenters. The summed E-state index contributed by atoms with van der Waals surface area (Å²) in [5.74, 6) is 1.41. The van der Waals surface area contributed by atoms with Crippen molar-refractivity contribution in [3.8, 4) is 0 Å². The van der Waals surface area contributed by atoms with E-state index in [0.717, 1.165) is 18.0 Å². The van der Waals surface area contributed by atoms with Crippen LogP contribution in [0, 0.1) is 11.8 Å². The van der Waals surface area contributed by atoms with Gasteiger partial charge in [-0.2, -0.15) is 0 Å². The van der Waals surface area contributed by atoms with E-state index < -0.39 is 0 Å². The van der Waals surface area contributed by atoms with Crippen LogP contribution in [-0.4, -0.2) is 16.9 Å². The third kappa shape index (κ3) is 3.45. The number of anilines is 1. The van der Waals surface area contributed by atoms with Gasteiger partial charge in [0.15, 0.2) is 5.13 Å². The van der Waals surface area contributed by atoms with Crippen LogP contribution in [0.25, 0.3) is 0 Å². The van der Waals surface area contributed by atoms with Crippen molar-refractivity contribution >= 4 is 22.4 Å². The average molecular weight is 267 g/mol. The maximum atomic E-state index is 11.9. The molecule has 0 radical (unpaired) electrons. The van der Waals surface area contributed by atoms with Crippen LogP contribution in [0.15, 0.2) is 5.38 Å². The van der Waals surface area contributed by atoms with Crippen molar-refractivity contribution in [3.05, 3.63) is 11.1 Å². The predicted molar refractivity (Wildman–Crippen MR) is 74.3 cm³/mol. The van der Waals surface area contributed by atoms with E-state index in [2.05, 4.69) is 24.1 Å². The molecule has 18 heavy (non-hydrogen) atoms. The average Bonchev–Trinajstić information content (AvgIpc) is 2.68. The van der Waals surface area contributed by atoms with E-state index in [1.165, 1.54) is 24.2 Å². The molecule has 4 nitrogen and oxygen atoms in total. The molecule has 2 rings (SSSR count). The zero-order valence-electron chi connectivity index (χ0n) is 11.0. The fraction of sp³-hybridized carbons (Fsp3) is 0.692. The van der Waals surface area contributed by atoms with Crippen molar-refractivity contribution in [2.75, 3.05) is 5.73 Å². The largest absolute Gasteiger partial charge is 0.375 e. The maximum Gasteiger partial charge on any atom is 0.226 e. The topological polar surface area (TPSA) is 68.0 Å². The Kier molecular flexibility index (Phi) is 4.22. The van der Waals surface area contributed by atoms with E-state index >= 15 is 0 Å². The van der Waals surface area contributed by atoms with Crippen LogP contribution >= 0.6 is 11.3 Å². The fourth-order valence-corrected chi connectivity index (χ4v) is 3.27. The summed E-state index contributed by atoms with van der Waals surface area (Å²) < 4.78 is 0. The number of hydrogen-bond acceptors (Lipinski definition) is 4. The summed E-state index contributed by atoms with van der Waals surface area (Å²) >= 11 is 1.38. The van der Waals surface area contributed by atoms with Crippen LogP contribution in [0.3, 0.4) is 0 Å². The predicted octanol–water partition coefficient (Wildman–Crippen LogP) is 2.21. The lowest BCUT2D eigenvalue weighted by Crippen LogP contribution is -2.43. The van der Waals surface area contributed by atoms with Crippen molar-refractivity contribution in [1.29, 1.82) is 0 Å². The Labute approximate surface area is 112 Å². The first kappa shape index (κ1) is 13.3. The Morgan fingerprint density at radius 1 is 1.56 bits per heavy atom. The van der Waals surface area contributed by atoms with Crippen molar-refractivity contribution in [2.24, 2.45) is 11.8 Å². The van der Waals surface area contributed by atoms with Crippen molar-refractivity contribution in [1.82, 2.24) is 10.3 Å². The van der Waals surface area contributed by atoms with Crippen molar-refractivity contribution in [3.63, 3.8) is 0 Å². The third-order valence-corrected chi connectivity index (χ3v) is 4.41. The second-order valence-electron chi connectivity index (χ2n) is 5.42. The molecule has 0 aromatic carbocycles. The van der Waals surface area contributed by atoms with Crippen LogP contribution in [0.4, 0.5) is 5.13 Å². The second-order valence-corrected chi connectivity index (χ2v) is 6.31. The number of nitrogens with two attached hydrogens (primary N) is 1. The van der Waals surface area contributed by atoms with Gasteiger partial charge in [0.05, 0.1) is 12.1 Å². The summed E-state index contributed by atoms with van der Waals surface area (Å²) in [5.41, 5.74) is 6.32. The SMILES string of the molecule is CC1CCC(NC(=O)Cc2csc(N)n2)C(C)C1. The minimum absolute atomic E-state index is 0.0618. The number of hydrogen-bond donors (Lipinski definition) is 2. The second kappa shape index (κ2) is 5.69. The van der Waals surface area contributed by atoms with E-state index in [1.807, 2.05) is 5.38 Å². The molecule has 1 fully saturated rings. The molecule has 0 spiro atoms. The van der Waals surface area contributed by atoms with Gasteiger partial charge in [-0.15, -0.1) is 11.3 Å². The summed E-state index contributed by atoms with van der Waals surface area (Å²) in [6.07, 6.45) is 3.84. The molecule has 0 bridgehead atoms. The zero-order chi connectivity index (χ0) is 13.1. The van der Waals surface area contributed by atoms with Crippen LogP contribution < -0.4 is 11.1 Å². The highest BCUT2D eigenvalue weighted by Crippen LogP contribution is 2.28. The van der Waals surface area contributed by atoms with Gasteiger partial charge in [-0.05, 0) is 31.1 Å². The fourth-order valence-electron chi connectivity index (χ4n) is 2.71. The number of amides is 1. The minimum Gasteiger partial charge on any atom is -0.375 e. The summed E-state index contributed by atoms with van der Waals surface area (Å²) in [6.45, 7) is 4.51. The van der Waals surface area contributed by atoms with Gasteiger partial charge < -0.3 is 11.1 Å². The molecule has 100 valence electrons. The molecule has 1 amide bonds. The van der Waals surface area contributed by atoms with Crippen molar-refractivity contribution < 1.29 is 4.79 Å². The summed E-state index contributed by atoms with van der Waals surface area (Å²) in [7, 11) is 0. The Morgan fingerprint density at radius 3 is 2.94 bits per heavy atom. The highest BCUT2D eigenvalue weighted by molar-refractivity contribution is 7.13. The number of rotatable bonds is 3. The minimum atomic E-state index is 0.0618. The summed E-state index contributed by atoms with van der Waals surface area (Å²) in [6, 6.07) is 0.324. The summed E-state index contributed by atoms with van der Waals surface area (Å²) in [5, 5.41) is 5.51. The normalized spacial score (nSPS) is 28.0. The molecular weight excluding hydrogens is 246 g/mol. The number of thiazole rings is 1. The van der Waals surface area contributed by atoms with Gasteiger partial charge in [-0.1, -0.05) is 13.8 Å². The lowest BCUT2D eigenvalue weighted by molar-refractivity contribution is -0.121. The van der Waals surface area contributed by atoms with Crippen LogP contribution in [0.2, 0.25) is 0 Å². The molecule has 1 heterocycles. The van der Waals surface area contributed by atoms with E-state index in [1.54, 1.807) is 0 Å². The smallest absolute Gasteiger partial charge is 0.226 e. The first-order chi connectivity index (χ1) is 8.54. The van der Waals surface area contributed by atoms with Crippen molar-refractivity contribution in [2.45, 2.75) is 45.6 Å². The highest BCUT2D eigenvalue weighted by Gasteiger charge is 2.26. The molecule has 1 aliphatic rings. The quantitative estimate of drug-likeness (QED) is 0.882. The number of nitrogen functional groups attached to an aromatic ring is 1. The third-order valence-electron chi connectivity index (χ3n) is 3.69. The van der Waals surface area contributed by atoms with Gasteiger partial charge in [0.1, 0.15) is 0 Å². The van der Waals surface area contributed by atoms with Gasteiger partial charge in [-0.3, -0.25) is 4.79 Å². The highest BCUT2D eigenvalue weighted by atomic mass is 32.1. The molecule has 1 aliphatic carbocycles. The van der Waals surface area contributed by atoms with Gasteiger partial charge >= 0.3 is 0 Å². The lowest BCUT2D eigenvalue weighted by Gasteiger charge is -2.33. The zero-order valence-corrected chi connectivity index (χ0v) is 11.8.